The number of hydrogen-bond acceptors (Lipinski definition) is 5. The second-order valence-electron chi connectivity index (χ2n) is 5.99. The zero-order valence-electron chi connectivity index (χ0n) is 13.8. The van der Waals surface area contributed by atoms with Crippen LogP contribution in [0.25, 0.3) is 0 Å². The van der Waals surface area contributed by atoms with E-state index in [9.17, 15) is 21.6 Å². The highest BCUT2D eigenvalue weighted by atomic mass is 32.2. The van der Waals surface area contributed by atoms with Crippen LogP contribution < -0.4 is 4.72 Å². The van der Waals surface area contributed by atoms with Gasteiger partial charge in [-0.05, 0) is 25.0 Å². The first-order valence-electron chi connectivity index (χ1n) is 7.82. The molecule has 0 spiro atoms. The fraction of sp³-hybridized carbons (Fsp3) is 0.467. The molecule has 2 aromatic heterocycles. The number of aryl methyl sites for hydroxylation is 1. The SMILES string of the molecule is Cn1cc([C@H]2OCCC[C@@H]2NS(=O)(=O)c2ccc(C(F)(F)F)nc2)cn1. The van der Waals surface area contributed by atoms with Crippen LogP contribution in [0.2, 0.25) is 0 Å². The van der Waals surface area contributed by atoms with Crippen molar-refractivity contribution >= 4 is 10.0 Å². The predicted molar refractivity (Wildman–Crippen MR) is 84.5 cm³/mol. The molecule has 1 N–H and O–H groups in total. The molecule has 0 bridgehead atoms. The van der Waals surface area contributed by atoms with Crippen LogP contribution in [0.4, 0.5) is 13.2 Å². The van der Waals surface area contributed by atoms with Crippen molar-refractivity contribution in [2.24, 2.45) is 7.05 Å². The minimum Gasteiger partial charge on any atom is -0.372 e. The summed E-state index contributed by atoms with van der Waals surface area (Å²) in [5.41, 5.74) is -0.420. The molecule has 0 saturated carbocycles. The summed E-state index contributed by atoms with van der Waals surface area (Å²) >= 11 is 0. The van der Waals surface area contributed by atoms with Crippen molar-refractivity contribution in [3.8, 4) is 0 Å². The van der Waals surface area contributed by atoms with E-state index in [0.29, 0.717) is 31.7 Å². The minimum atomic E-state index is -4.63. The van der Waals surface area contributed by atoms with E-state index in [2.05, 4.69) is 14.8 Å². The molecule has 1 aliphatic heterocycles. The van der Waals surface area contributed by atoms with Crippen LogP contribution in [-0.4, -0.2) is 35.8 Å². The zero-order chi connectivity index (χ0) is 18.9. The maximum Gasteiger partial charge on any atom is 0.433 e. The summed E-state index contributed by atoms with van der Waals surface area (Å²) in [7, 11) is -2.31. The third-order valence-electron chi connectivity index (χ3n) is 4.02. The summed E-state index contributed by atoms with van der Waals surface area (Å²) in [5, 5.41) is 4.06. The number of nitrogens with zero attached hydrogens (tertiary/aromatic N) is 3. The highest BCUT2D eigenvalue weighted by Crippen LogP contribution is 2.30. The topological polar surface area (TPSA) is 86.1 Å². The van der Waals surface area contributed by atoms with E-state index < -0.39 is 34.0 Å². The maximum absolute atomic E-state index is 12.6. The minimum absolute atomic E-state index is 0.332. The van der Waals surface area contributed by atoms with Crippen LogP contribution in [0.3, 0.4) is 0 Å². The highest BCUT2D eigenvalue weighted by molar-refractivity contribution is 7.89. The molecule has 1 saturated heterocycles. The molecular weight excluding hydrogens is 373 g/mol. The van der Waals surface area contributed by atoms with E-state index in [1.165, 1.54) is 0 Å². The number of rotatable bonds is 4. The van der Waals surface area contributed by atoms with E-state index >= 15 is 0 Å². The molecule has 3 rings (SSSR count). The molecule has 1 aliphatic rings. The number of pyridine rings is 1. The quantitative estimate of drug-likeness (QED) is 0.863. The lowest BCUT2D eigenvalue weighted by molar-refractivity contribution is -0.141. The van der Waals surface area contributed by atoms with Crippen LogP contribution in [0.15, 0.2) is 35.6 Å². The van der Waals surface area contributed by atoms with E-state index in [-0.39, 0.29) is 4.90 Å². The summed E-state index contributed by atoms with van der Waals surface area (Å²) in [5.74, 6) is 0. The Morgan fingerprint density at radius 2 is 2.08 bits per heavy atom. The van der Waals surface area contributed by atoms with Gasteiger partial charge in [0, 0.05) is 31.6 Å². The Bertz CT molecular complexity index is 865. The van der Waals surface area contributed by atoms with Gasteiger partial charge < -0.3 is 4.74 Å². The monoisotopic (exact) mass is 390 g/mol. The Hall–Kier alpha value is -1.98. The average molecular weight is 390 g/mol. The number of ether oxygens (including phenoxy) is 1. The first-order chi connectivity index (χ1) is 12.2. The van der Waals surface area contributed by atoms with Gasteiger partial charge in [0.1, 0.15) is 16.7 Å². The summed E-state index contributed by atoms with van der Waals surface area (Å²) in [4.78, 5) is 2.87. The van der Waals surface area contributed by atoms with Gasteiger partial charge in [-0.1, -0.05) is 0 Å². The molecule has 0 amide bonds. The zero-order valence-corrected chi connectivity index (χ0v) is 14.6. The Morgan fingerprint density at radius 1 is 1.31 bits per heavy atom. The molecule has 1 fully saturated rings. The smallest absolute Gasteiger partial charge is 0.372 e. The summed E-state index contributed by atoms with van der Waals surface area (Å²) in [6.45, 7) is 0.486. The van der Waals surface area contributed by atoms with E-state index in [1.54, 1.807) is 24.1 Å². The number of hydrogen-bond donors (Lipinski definition) is 1. The van der Waals surface area contributed by atoms with Crippen molar-refractivity contribution in [3.05, 3.63) is 42.0 Å². The number of nitrogens with one attached hydrogen (secondary N) is 1. The standard InChI is InChI=1S/C15H17F3N4O3S/c1-22-9-10(7-20-22)14-12(3-2-6-25-14)21-26(23,24)11-4-5-13(19-8-11)15(16,17)18/h4-5,7-9,12,14,21H,2-3,6H2,1H3/t12-,14+/m0/s1. The van der Waals surface area contributed by atoms with E-state index in [0.717, 1.165) is 11.6 Å². The first-order valence-corrected chi connectivity index (χ1v) is 9.31. The van der Waals surface area contributed by atoms with Crippen molar-refractivity contribution in [1.82, 2.24) is 19.5 Å². The molecule has 11 heteroatoms. The number of halogens is 3. The van der Waals surface area contributed by atoms with Crippen LogP contribution in [0, 0.1) is 0 Å². The maximum atomic E-state index is 12.6. The molecule has 2 aromatic rings. The van der Waals surface area contributed by atoms with E-state index in [4.69, 9.17) is 4.74 Å². The summed E-state index contributed by atoms with van der Waals surface area (Å²) < 4.78 is 72.6. The Morgan fingerprint density at radius 3 is 2.65 bits per heavy atom. The van der Waals surface area contributed by atoms with Crippen molar-refractivity contribution in [1.29, 1.82) is 0 Å². The molecule has 3 heterocycles. The first kappa shape index (κ1) is 18.8. The van der Waals surface area contributed by atoms with Gasteiger partial charge >= 0.3 is 6.18 Å². The second kappa shape index (κ2) is 6.97. The van der Waals surface area contributed by atoms with Gasteiger partial charge in [-0.2, -0.15) is 18.3 Å². The highest BCUT2D eigenvalue weighted by Gasteiger charge is 2.34. The fourth-order valence-electron chi connectivity index (χ4n) is 2.79. The molecule has 0 radical (unpaired) electrons. The van der Waals surface area contributed by atoms with E-state index in [1.807, 2.05) is 0 Å². The third kappa shape index (κ3) is 4.05. The molecule has 26 heavy (non-hydrogen) atoms. The normalized spacial score (nSPS) is 21.7. The molecule has 0 aliphatic carbocycles. The number of alkyl halides is 3. The molecular formula is C15H17F3N4O3S. The van der Waals surface area contributed by atoms with Crippen molar-refractivity contribution in [2.45, 2.75) is 36.1 Å². The van der Waals surface area contributed by atoms with Gasteiger partial charge in [0.05, 0.1) is 12.2 Å². The fourth-order valence-corrected chi connectivity index (χ4v) is 4.01. The van der Waals surface area contributed by atoms with Gasteiger partial charge in [-0.25, -0.2) is 13.1 Å². The van der Waals surface area contributed by atoms with Gasteiger partial charge in [-0.3, -0.25) is 9.67 Å². The van der Waals surface area contributed by atoms with Crippen LogP contribution >= 0.6 is 0 Å². The van der Waals surface area contributed by atoms with Crippen LogP contribution in [-0.2, 0) is 28.0 Å². The van der Waals surface area contributed by atoms with Crippen LogP contribution in [0.1, 0.15) is 30.2 Å². The molecule has 0 aromatic carbocycles. The van der Waals surface area contributed by atoms with Crippen molar-refractivity contribution < 1.29 is 26.3 Å². The number of aromatic nitrogens is 3. The molecule has 142 valence electrons. The van der Waals surface area contributed by atoms with Gasteiger partial charge in [0.2, 0.25) is 10.0 Å². The molecule has 2 atom stereocenters. The average Bonchev–Trinajstić information content (AvgIpc) is 3.01. The number of sulfonamides is 1. The second-order valence-corrected chi connectivity index (χ2v) is 7.70. The summed E-state index contributed by atoms with van der Waals surface area (Å²) in [6, 6.07) is 0.978. The van der Waals surface area contributed by atoms with Gasteiger partial charge in [-0.15, -0.1) is 0 Å². The lowest BCUT2D eigenvalue weighted by atomic mass is 9.99. The van der Waals surface area contributed by atoms with Gasteiger partial charge in [0.15, 0.2) is 0 Å². The Labute approximate surface area is 148 Å². The molecule has 0 unspecified atom stereocenters. The van der Waals surface area contributed by atoms with Crippen molar-refractivity contribution in [2.75, 3.05) is 6.61 Å². The largest absolute Gasteiger partial charge is 0.433 e. The Balaban J connectivity index is 1.81. The third-order valence-corrected chi connectivity index (χ3v) is 5.49. The lowest BCUT2D eigenvalue weighted by Crippen LogP contribution is -2.42. The van der Waals surface area contributed by atoms with Gasteiger partial charge in [0.25, 0.3) is 0 Å². The molecule has 7 nitrogen and oxygen atoms in total. The van der Waals surface area contributed by atoms with Crippen molar-refractivity contribution in [3.63, 3.8) is 0 Å². The summed E-state index contributed by atoms with van der Waals surface area (Å²) in [6.07, 6.45) is 0.0806. The van der Waals surface area contributed by atoms with Crippen LogP contribution in [0.5, 0.6) is 0 Å². The predicted octanol–water partition coefficient (Wildman–Crippen LogP) is 2.03. The Kier molecular flexibility index (Phi) is 5.04. The lowest BCUT2D eigenvalue weighted by Gasteiger charge is -2.31.